The number of phenolic OH excluding ortho intramolecular Hbond substituents is 1. The van der Waals surface area contributed by atoms with Crippen LogP contribution < -0.4 is 14.8 Å². The predicted octanol–water partition coefficient (Wildman–Crippen LogP) is 4.12. The van der Waals surface area contributed by atoms with Gasteiger partial charge in [-0.3, -0.25) is 4.79 Å². The zero-order valence-corrected chi connectivity index (χ0v) is 20.3. The Morgan fingerprint density at radius 3 is 2.67 bits per heavy atom. The highest BCUT2D eigenvalue weighted by Crippen LogP contribution is 2.28. The fourth-order valence-electron chi connectivity index (χ4n) is 4.25. The topological polar surface area (TPSA) is 114 Å². The summed E-state index contributed by atoms with van der Waals surface area (Å²) in [6.07, 6.45) is 0. The number of rotatable bonds is 8. The van der Waals surface area contributed by atoms with Crippen LogP contribution >= 0.6 is 0 Å². The number of ether oxygens (including phenoxy) is 2. The molecule has 9 nitrogen and oxygen atoms in total. The van der Waals surface area contributed by atoms with Crippen LogP contribution in [0.25, 0.3) is 22.1 Å². The number of para-hydroxylation sites is 2. The zero-order chi connectivity index (χ0) is 25.2. The number of amides is 1. The molecule has 184 valence electrons. The maximum Gasteiger partial charge on any atom is 0.251 e. The quantitative estimate of drug-likeness (QED) is 0.285. The first-order valence-corrected chi connectivity index (χ1v) is 11.6. The number of aromatic hydroxyl groups is 1. The summed E-state index contributed by atoms with van der Waals surface area (Å²) in [5.74, 6) is 2.72. The molecule has 2 heterocycles. The van der Waals surface area contributed by atoms with Crippen LogP contribution in [0.4, 0.5) is 0 Å². The van der Waals surface area contributed by atoms with Crippen molar-refractivity contribution in [1.82, 2.24) is 24.8 Å². The molecule has 0 fully saturated rings. The highest BCUT2D eigenvalue weighted by atomic mass is 16.5. The number of aromatic amines is 1. The van der Waals surface area contributed by atoms with Crippen LogP contribution in [-0.4, -0.2) is 50.8 Å². The predicted molar refractivity (Wildman–Crippen MR) is 137 cm³/mol. The van der Waals surface area contributed by atoms with Gasteiger partial charge in [-0.05, 0) is 49.4 Å². The number of H-pyrrole nitrogens is 1. The lowest BCUT2D eigenvalue weighted by molar-refractivity contribution is 0.0947. The fraction of sp³-hybridized carbons (Fsp3) is 0.222. The molecule has 0 aliphatic carbocycles. The molecule has 5 aromatic rings. The van der Waals surface area contributed by atoms with Crippen molar-refractivity contribution in [2.75, 3.05) is 20.3 Å². The first-order chi connectivity index (χ1) is 17.4. The Bertz CT molecular complexity index is 1550. The summed E-state index contributed by atoms with van der Waals surface area (Å²) in [7, 11) is 3.52. The molecule has 36 heavy (non-hydrogen) atoms. The Morgan fingerprint density at radius 2 is 1.86 bits per heavy atom. The molecule has 3 N–H and O–H groups in total. The van der Waals surface area contributed by atoms with Gasteiger partial charge in [0.15, 0.2) is 11.5 Å². The molecule has 0 radical (unpaired) electrons. The summed E-state index contributed by atoms with van der Waals surface area (Å²) < 4.78 is 13.0. The Labute approximate surface area is 207 Å². The molecule has 1 atom stereocenters. The van der Waals surface area contributed by atoms with Gasteiger partial charge in [0.05, 0.1) is 41.6 Å². The van der Waals surface area contributed by atoms with Crippen LogP contribution in [0.2, 0.25) is 0 Å². The van der Waals surface area contributed by atoms with E-state index in [1.165, 1.54) is 0 Å². The van der Waals surface area contributed by atoms with Crippen LogP contribution in [0.1, 0.15) is 34.8 Å². The van der Waals surface area contributed by atoms with E-state index in [-0.39, 0.29) is 17.6 Å². The molecule has 9 heteroatoms. The summed E-state index contributed by atoms with van der Waals surface area (Å²) >= 11 is 0. The minimum atomic E-state index is -0.187. The molecular weight excluding hydrogens is 458 g/mol. The van der Waals surface area contributed by atoms with Gasteiger partial charge in [-0.2, -0.15) is 0 Å². The zero-order valence-electron chi connectivity index (χ0n) is 20.3. The number of carbonyl (C=O) groups is 1. The number of nitrogens with one attached hydrogen (secondary N) is 2. The van der Waals surface area contributed by atoms with Gasteiger partial charge in [0.1, 0.15) is 24.0 Å². The molecule has 3 aromatic carbocycles. The van der Waals surface area contributed by atoms with Crippen molar-refractivity contribution >= 4 is 28.0 Å². The van der Waals surface area contributed by atoms with E-state index < -0.39 is 0 Å². The molecule has 0 saturated carbocycles. The molecule has 0 aliphatic rings. The lowest BCUT2D eigenvalue weighted by atomic mass is 10.1. The molecule has 0 aliphatic heterocycles. The summed E-state index contributed by atoms with van der Waals surface area (Å²) in [4.78, 5) is 25.5. The molecule has 0 spiro atoms. The first kappa shape index (κ1) is 23.2. The molecule has 1 amide bonds. The Hall–Kier alpha value is -4.53. The first-order valence-electron chi connectivity index (χ1n) is 11.6. The molecule has 5 rings (SSSR count). The number of methoxy groups -OCH3 is 1. The van der Waals surface area contributed by atoms with Crippen molar-refractivity contribution in [3.05, 3.63) is 77.9 Å². The summed E-state index contributed by atoms with van der Waals surface area (Å²) in [6.45, 7) is 2.69. The second-order valence-corrected chi connectivity index (χ2v) is 8.53. The maximum absolute atomic E-state index is 12.8. The largest absolute Gasteiger partial charge is 0.508 e. The van der Waals surface area contributed by atoms with E-state index in [0.717, 1.165) is 33.7 Å². The maximum atomic E-state index is 12.8. The highest BCUT2D eigenvalue weighted by Gasteiger charge is 2.20. The number of hydrogen-bond acceptors (Lipinski definition) is 6. The van der Waals surface area contributed by atoms with Crippen LogP contribution in [-0.2, 0) is 7.05 Å². The minimum absolute atomic E-state index is 0.124. The molecular formula is C27H27N5O4. The number of aromatic nitrogens is 4. The van der Waals surface area contributed by atoms with Gasteiger partial charge in [-0.1, -0.05) is 12.1 Å². The van der Waals surface area contributed by atoms with Crippen molar-refractivity contribution in [3.8, 4) is 17.2 Å². The molecule has 1 unspecified atom stereocenters. The number of phenols is 1. The number of imidazole rings is 2. The van der Waals surface area contributed by atoms with Gasteiger partial charge in [-0.15, -0.1) is 0 Å². The Kier molecular flexibility index (Phi) is 6.20. The van der Waals surface area contributed by atoms with Gasteiger partial charge >= 0.3 is 0 Å². The minimum Gasteiger partial charge on any atom is -0.508 e. The molecule has 0 bridgehead atoms. The van der Waals surface area contributed by atoms with Gasteiger partial charge in [-0.25, -0.2) is 9.97 Å². The second kappa shape index (κ2) is 9.61. The number of aryl methyl sites for hydroxylation is 1. The fourth-order valence-corrected chi connectivity index (χ4v) is 4.25. The van der Waals surface area contributed by atoms with Crippen molar-refractivity contribution < 1.29 is 19.4 Å². The van der Waals surface area contributed by atoms with Crippen LogP contribution in [0.15, 0.2) is 60.7 Å². The Morgan fingerprint density at radius 1 is 1.08 bits per heavy atom. The SMILES string of the molecule is COc1ccccc1OCCNC(=O)c1ccc2nc(C(C)c3nc4ccc(O)cc4[nH]3)n(C)c2c1. The summed E-state index contributed by atoms with van der Waals surface area (Å²) in [5, 5.41) is 12.6. The van der Waals surface area contributed by atoms with E-state index in [9.17, 15) is 9.90 Å². The second-order valence-electron chi connectivity index (χ2n) is 8.53. The van der Waals surface area contributed by atoms with Crippen molar-refractivity contribution in [2.24, 2.45) is 7.05 Å². The van der Waals surface area contributed by atoms with E-state index in [0.29, 0.717) is 30.2 Å². The van der Waals surface area contributed by atoms with Gasteiger partial charge in [0, 0.05) is 18.7 Å². The van der Waals surface area contributed by atoms with E-state index in [1.807, 2.05) is 54.9 Å². The lowest BCUT2D eigenvalue weighted by Crippen LogP contribution is -2.28. The van der Waals surface area contributed by atoms with Gasteiger partial charge in [0.25, 0.3) is 5.91 Å². The normalized spacial score (nSPS) is 12.1. The van der Waals surface area contributed by atoms with E-state index in [4.69, 9.17) is 14.5 Å². The molecule has 0 saturated heterocycles. The molecule has 2 aromatic heterocycles. The van der Waals surface area contributed by atoms with Crippen molar-refractivity contribution in [3.63, 3.8) is 0 Å². The van der Waals surface area contributed by atoms with E-state index in [1.54, 1.807) is 31.4 Å². The Balaban J connectivity index is 1.29. The van der Waals surface area contributed by atoms with E-state index >= 15 is 0 Å². The average Bonchev–Trinajstić information content (AvgIpc) is 3.46. The van der Waals surface area contributed by atoms with Crippen LogP contribution in [0.5, 0.6) is 17.2 Å². The summed E-state index contributed by atoms with van der Waals surface area (Å²) in [6, 6.07) is 17.9. The third-order valence-electron chi connectivity index (χ3n) is 6.17. The lowest BCUT2D eigenvalue weighted by Gasteiger charge is -2.11. The van der Waals surface area contributed by atoms with Crippen LogP contribution in [0.3, 0.4) is 0 Å². The van der Waals surface area contributed by atoms with E-state index in [2.05, 4.69) is 15.3 Å². The smallest absolute Gasteiger partial charge is 0.251 e. The number of fused-ring (bicyclic) bond motifs is 2. The summed E-state index contributed by atoms with van der Waals surface area (Å²) in [5.41, 5.74) is 3.74. The monoisotopic (exact) mass is 485 g/mol. The van der Waals surface area contributed by atoms with Gasteiger partial charge in [0.2, 0.25) is 0 Å². The van der Waals surface area contributed by atoms with Crippen LogP contribution in [0, 0.1) is 0 Å². The van der Waals surface area contributed by atoms with Gasteiger partial charge < -0.3 is 29.4 Å². The number of nitrogens with zero attached hydrogens (tertiary/aromatic N) is 3. The van der Waals surface area contributed by atoms with Crippen molar-refractivity contribution in [2.45, 2.75) is 12.8 Å². The number of carbonyl (C=O) groups excluding carboxylic acids is 1. The number of benzene rings is 3. The standard InChI is InChI=1S/C27H27N5O4/c1-16(25-29-19-11-9-18(33)15-21(19)30-25)26-31-20-10-8-17(14-22(20)32(26)2)27(34)28-12-13-36-24-7-5-4-6-23(24)35-3/h4-11,14-16,33H,12-13H2,1-3H3,(H,28,34)(H,29,30). The average molecular weight is 486 g/mol. The highest BCUT2D eigenvalue weighted by molar-refractivity contribution is 5.97. The van der Waals surface area contributed by atoms with Crippen molar-refractivity contribution in [1.29, 1.82) is 0 Å². The third kappa shape index (κ3) is 4.43. The third-order valence-corrected chi connectivity index (χ3v) is 6.17. The number of hydrogen-bond donors (Lipinski definition) is 3.